The SMILES string of the molecule is CC(C)=C(C)C(=O)C1CC2COCC(C1)N2C(=O)OC(C)(C)C. The Morgan fingerprint density at radius 1 is 1.04 bits per heavy atom. The van der Waals surface area contributed by atoms with E-state index in [-0.39, 0.29) is 29.9 Å². The topological polar surface area (TPSA) is 55.8 Å². The summed E-state index contributed by atoms with van der Waals surface area (Å²) in [5, 5.41) is 0. The Morgan fingerprint density at radius 3 is 2.00 bits per heavy atom. The number of amides is 1. The number of morpholine rings is 1. The number of carbonyl (C=O) groups is 2. The molecule has 5 heteroatoms. The highest BCUT2D eigenvalue weighted by atomic mass is 16.6. The number of ketones is 1. The molecular formula is C18H29NO4. The van der Waals surface area contributed by atoms with Crippen molar-refractivity contribution in [2.45, 2.75) is 72.1 Å². The van der Waals surface area contributed by atoms with Crippen LogP contribution in [0.4, 0.5) is 4.79 Å². The number of fused-ring (bicyclic) bond motifs is 2. The number of nitrogens with zero attached hydrogens (tertiary/aromatic N) is 1. The van der Waals surface area contributed by atoms with Crippen molar-refractivity contribution in [3.63, 3.8) is 0 Å². The molecule has 0 N–H and O–H groups in total. The molecule has 2 heterocycles. The van der Waals surface area contributed by atoms with Crippen molar-refractivity contribution in [1.82, 2.24) is 4.90 Å². The zero-order chi connectivity index (χ0) is 17.4. The molecular weight excluding hydrogens is 294 g/mol. The Kier molecular flexibility index (Phi) is 5.19. The summed E-state index contributed by atoms with van der Waals surface area (Å²) in [5.74, 6) is 0.188. The van der Waals surface area contributed by atoms with Crippen LogP contribution in [0.15, 0.2) is 11.1 Å². The standard InChI is InChI=1S/C18H29NO4/c1-11(2)12(3)16(20)13-7-14-9-22-10-15(8-13)19(14)17(21)23-18(4,5)6/h13-15H,7-10H2,1-6H3. The number of piperidine rings is 1. The van der Waals surface area contributed by atoms with Gasteiger partial charge in [0.15, 0.2) is 5.78 Å². The first-order valence-electron chi connectivity index (χ1n) is 8.37. The van der Waals surface area contributed by atoms with Crippen LogP contribution in [0.1, 0.15) is 54.4 Å². The summed E-state index contributed by atoms with van der Waals surface area (Å²) in [6.07, 6.45) is 1.01. The molecule has 0 aromatic carbocycles. The fourth-order valence-corrected chi connectivity index (χ4v) is 3.29. The monoisotopic (exact) mass is 323 g/mol. The molecule has 5 nitrogen and oxygen atoms in total. The zero-order valence-corrected chi connectivity index (χ0v) is 15.1. The van der Waals surface area contributed by atoms with Crippen molar-refractivity contribution in [3.8, 4) is 0 Å². The summed E-state index contributed by atoms with van der Waals surface area (Å²) in [6, 6.07) is -0.146. The molecule has 0 aromatic heterocycles. The average molecular weight is 323 g/mol. The van der Waals surface area contributed by atoms with Crippen LogP contribution in [0.5, 0.6) is 0 Å². The van der Waals surface area contributed by atoms with Gasteiger partial charge in [0.25, 0.3) is 0 Å². The van der Waals surface area contributed by atoms with E-state index in [4.69, 9.17) is 9.47 Å². The molecule has 0 aromatic rings. The van der Waals surface area contributed by atoms with Crippen molar-refractivity contribution >= 4 is 11.9 Å². The number of Topliss-reactive ketones (excluding diaryl/α,β-unsaturated/α-hetero) is 1. The molecule has 2 atom stereocenters. The quantitative estimate of drug-likeness (QED) is 0.732. The highest BCUT2D eigenvalue weighted by Gasteiger charge is 2.45. The molecule has 1 amide bonds. The summed E-state index contributed by atoms with van der Waals surface area (Å²) < 4.78 is 11.1. The predicted molar refractivity (Wildman–Crippen MR) is 88.2 cm³/mol. The fraction of sp³-hybridized carbons (Fsp3) is 0.778. The van der Waals surface area contributed by atoms with E-state index >= 15 is 0 Å². The minimum Gasteiger partial charge on any atom is -0.444 e. The molecule has 2 rings (SSSR count). The maximum absolute atomic E-state index is 12.6. The highest BCUT2D eigenvalue weighted by Crippen LogP contribution is 2.34. The van der Waals surface area contributed by atoms with E-state index in [1.165, 1.54) is 0 Å². The maximum atomic E-state index is 12.6. The normalized spacial score (nSPS) is 27.4. The zero-order valence-electron chi connectivity index (χ0n) is 15.1. The smallest absolute Gasteiger partial charge is 0.410 e. The first-order valence-corrected chi connectivity index (χ1v) is 8.37. The molecule has 130 valence electrons. The van der Waals surface area contributed by atoms with Gasteiger partial charge in [-0.2, -0.15) is 0 Å². The van der Waals surface area contributed by atoms with Crippen LogP contribution >= 0.6 is 0 Å². The van der Waals surface area contributed by atoms with Crippen LogP contribution in [0.2, 0.25) is 0 Å². The van der Waals surface area contributed by atoms with E-state index in [1.807, 2.05) is 41.5 Å². The minimum absolute atomic E-state index is 0.0255. The van der Waals surface area contributed by atoms with Crippen molar-refractivity contribution < 1.29 is 19.1 Å². The third kappa shape index (κ3) is 4.14. The van der Waals surface area contributed by atoms with Crippen molar-refractivity contribution in [2.75, 3.05) is 13.2 Å². The van der Waals surface area contributed by atoms with E-state index in [0.717, 1.165) is 11.1 Å². The number of ether oxygens (including phenoxy) is 2. The van der Waals surface area contributed by atoms with E-state index in [1.54, 1.807) is 4.90 Å². The second-order valence-electron chi connectivity index (χ2n) is 7.89. The molecule has 2 saturated heterocycles. The number of hydrogen-bond donors (Lipinski definition) is 0. The van der Waals surface area contributed by atoms with Gasteiger partial charge in [0.05, 0.1) is 25.3 Å². The molecule has 0 radical (unpaired) electrons. The van der Waals surface area contributed by atoms with Gasteiger partial charge in [0.1, 0.15) is 5.60 Å². The lowest BCUT2D eigenvalue weighted by atomic mass is 9.80. The molecule has 0 spiro atoms. The van der Waals surface area contributed by atoms with Gasteiger partial charge in [-0.05, 0) is 60.0 Å². The van der Waals surface area contributed by atoms with Gasteiger partial charge in [0.2, 0.25) is 0 Å². The van der Waals surface area contributed by atoms with Gasteiger partial charge in [-0.25, -0.2) is 4.79 Å². The summed E-state index contributed by atoms with van der Waals surface area (Å²) in [6.45, 7) is 12.4. The van der Waals surface area contributed by atoms with Crippen LogP contribution in [0, 0.1) is 5.92 Å². The summed E-state index contributed by atoms with van der Waals surface area (Å²) >= 11 is 0. The largest absolute Gasteiger partial charge is 0.444 e. The highest BCUT2D eigenvalue weighted by molar-refractivity contribution is 5.97. The molecule has 2 aliphatic rings. The summed E-state index contributed by atoms with van der Waals surface area (Å²) in [7, 11) is 0. The third-order valence-electron chi connectivity index (χ3n) is 4.62. The van der Waals surface area contributed by atoms with E-state index in [9.17, 15) is 9.59 Å². The summed E-state index contributed by atoms with van der Waals surface area (Å²) in [4.78, 5) is 26.9. The Morgan fingerprint density at radius 2 is 1.57 bits per heavy atom. The van der Waals surface area contributed by atoms with Gasteiger partial charge in [-0.3, -0.25) is 9.69 Å². The van der Waals surface area contributed by atoms with E-state index < -0.39 is 5.60 Å². The lowest BCUT2D eigenvalue weighted by molar-refractivity contribution is -0.128. The first-order chi connectivity index (χ1) is 10.6. The molecule has 23 heavy (non-hydrogen) atoms. The first kappa shape index (κ1) is 18.0. The van der Waals surface area contributed by atoms with Crippen LogP contribution in [-0.4, -0.2) is 47.7 Å². The fourth-order valence-electron chi connectivity index (χ4n) is 3.29. The van der Waals surface area contributed by atoms with Crippen molar-refractivity contribution in [3.05, 3.63) is 11.1 Å². The van der Waals surface area contributed by atoms with Crippen LogP contribution in [0.25, 0.3) is 0 Å². The predicted octanol–water partition coefficient (Wildman–Crippen LogP) is 3.33. The van der Waals surface area contributed by atoms with E-state index in [0.29, 0.717) is 26.1 Å². The Bertz CT molecular complexity index is 500. The molecule has 2 aliphatic heterocycles. The second-order valence-corrected chi connectivity index (χ2v) is 7.89. The molecule has 0 saturated carbocycles. The molecule has 2 unspecified atom stereocenters. The Labute approximate surface area is 139 Å². The average Bonchev–Trinajstić information content (AvgIpc) is 2.42. The van der Waals surface area contributed by atoms with Gasteiger partial charge in [0, 0.05) is 5.92 Å². The lowest BCUT2D eigenvalue weighted by Gasteiger charge is -2.48. The Balaban J connectivity index is 2.13. The number of allylic oxidation sites excluding steroid dienone is 2. The van der Waals surface area contributed by atoms with Gasteiger partial charge in [-0.15, -0.1) is 0 Å². The van der Waals surface area contributed by atoms with Crippen LogP contribution < -0.4 is 0 Å². The van der Waals surface area contributed by atoms with Gasteiger partial charge >= 0.3 is 6.09 Å². The van der Waals surface area contributed by atoms with Crippen molar-refractivity contribution in [2.24, 2.45) is 5.92 Å². The van der Waals surface area contributed by atoms with Crippen LogP contribution in [-0.2, 0) is 14.3 Å². The number of hydrogen-bond acceptors (Lipinski definition) is 4. The minimum atomic E-state index is -0.516. The van der Waals surface area contributed by atoms with Crippen molar-refractivity contribution in [1.29, 1.82) is 0 Å². The van der Waals surface area contributed by atoms with E-state index in [2.05, 4.69) is 0 Å². The third-order valence-corrected chi connectivity index (χ3v) is 4.62. The lowest BCUT2D eigenvalue weighted by Crippen LogP contribution is -2.60. The maximum Gasteiger partial charge on any atom is 0.410 e. The molecule has 2 fully saturated rings. The second kappa shape index (κ2) is 6.63. The van der Waals surface area contributed by atoms with Crippen LogP contribution in [0.3, 0.4) is 0 Å². The molecule has 0 aliphatic carbocycles. The molecule has 2 bridgehead atoms. The Hall–Kier alpha value is -1.36. The number of carbonyl (C=O) groups excluding carboxylic acids is 2. The van der Waals surface area contributed by atoms with Gasteiger partial charge in [-0.1, -0.05) is 5.57 Å². The number of rotatable bonds is 2. The summed E-state index contributed by atoms with van der Waals surface area (Å²) in [5.41, 5.74) is 1.39. The van der Waals surface area contributed by atoms with Gasteiger partial charge < -0.3 is 9.47 Å².